The van der Waals surface area contributed by atoms with Crippen molar-refractivity contribution >= 4 is 0 Å². The number of aromatic amines is 1. The first-order chi connectivity index (χ1) is 6.16. The average Bonchev–Trinajstić information content (AvgIpc) is 2.06. The molecule has 1 aliphatic rings. The van der Waals surface area contributed by atoms with Crippen molar-refractivity contribution in [3.8, 4) is 0 Å². The van der Waals surface area contributed by atoms with E-state index in [1.807, 2.05) is 6.92 Å². The Kier molecular flexibility index (Phi) is 1.96. The second-order valence-electron chi connectivity index (χ2n) is 3.76. The third kappa shape index (κ3) is 1.52. The third-order valence-corrected chi connectivity index (χ3v) is 2.63. The second kappa shape index (κ2) is 3.00. The lowest BCUT2D eigenvalue weighted by atomic mass is 10.0. The van der Waals surface area contributed by atoms with Gasteiger partial charge in [-0.15, -0.1) is 0 Å². The number of nitrogens with one attached hydrogen (secondary N) is 1. The highest BCUT2D eigenvalue weighted by Crippen LogP contribution is 2.17. The fourth-order valence-electron chi connectivity index (χ4n) is 1.87. The van der Waals surface area contributed by atoms with Gasteiger partial charge in [0.1, 0.15) is 0 Å². The van der Waals surface area contributed by atoms with Crippen LogP contribution in [0.15, 0.2) is 10.9 Å². The van der Waals surface area contributed by atoms with E-state index < -0.39 is 0 Å². The number of hydrogen-bond donors (Lipinski definition) is 1. The molecular formula is C10H14N2O. The van der Waals surface area contributed by atoms with Crippen molar-refractivity contribution < 1.29 is 0 Å². The lowest BCUT2D eigenvalue weighted by Crippen LogP contribution is -2.29. The summed E-state index contributed by atoms with van der Waals surface area (Å²) in [5.41, 5.74) is 3.57. The van der Waals surface area contributed by atoms with Crippen LogP contribution in [0, 0.1) is 6.92 Å². The number of rotatable bonds is 0. The molecule has 1 aliphatic heterocycles. The van der Waals surface area contributed by atoms with Crippen molar-refractivity contribution in [2.24, 2.45) is 0 Å². The van der Waals surface area contributed by atoms with Crippen LogP contribution in [-0.2, 0) is 13.0 Å². The fraction of sp³-hybridized carbons (Fsp3) is 0.500. The topological polar surface area (TPSA) is 36.1 Å². The monoisotopic (exact) mass is 178 g/mol. The molecule has 0 saturated heterocycles. The number of pyridine rings is 1. The number of H-pyrrole nitrogens is 1. The molecule has 13 heavy (non-hydrogen) atoms. The molecule has 0 spiro atoms. The Labute approximate surface area is 77.4 Å². The molecule has 0 aromatic carbocycles. The molecule has 0 saturated carbocycles. The highest BCUT2D eigenvalue weighted by Gasteiger charge is 2.15. The van der Waals surface area contributed by atoms with Crippen molar-refractivity contribution in [1.29, 1.82) is 0 Å². The van der Waals surface area contributed by atoms with Gasteiger partial charge in [-0.3, -0.25) is 4.79 Å². The minimum absolute atomic E-state index is 0.0285. The minimum Gasteiger partial charge on any atom is -0.326 e. The molecule has 0 radical (unpaired) electrons. The van der Waals surface area contributed by atoms with Gasteiger partial charge in [0, 0.05) is 31.3 Å². The van der Waals surface area contributed by atoms with Crippen LogP contribution in [-0.4, -0.2) is 23.5 Å². The Morgan fingerprint density at radius 3 is 3.08 bits per heavy atom. The van der Waals surface area contributed by atoms with Gasteiger partial charge < -0.3 is 9.88 Å². The van der Waals surface area contributed by atoms with Crippen LogP contribution in [0.3, 0.4) is 0 Å². The van der Waals surface area contributed by atoms with Gasteiger partial charge in [-0.1, -0.05) is 0 Å². The van der Waals surface area contributed by atoms with Crippen LogP contribution in [0.1, 0.15) is 16.8 Å². The molecule has 0 bridgehead atoms. The maximum absolute atomic E-state index is 11.2. The zero-order valence-electron chi connectivity index (χ0n) is 8.05. The molecule has 3 nitrogen and oxygen atoms in total. The van der Waals surface area contributed by atoms with E-state index >= 15 is 0 Å². The standard InChI is InChI=1S/C10H14N2O/c1-7-5-10(13)11-9-3-4-12(2)6-8(7)9/h5H,3-4,6H2,1-2H3,(H,11,13). The quantitative estimate of drug-likeness (QED) is 0.634. The zero-order valence-corrected chi connectivity index (χ0v) is 8.05. The summed E-state index contributed by atoms with van der Waals surface area (Å²) in [6, 6.07) is 1.68. The number of hydrogen-bond acceptors (Lipinski definition) is 2. The maximum atomic E-state index is 11.2. The number of aryl methyl sites for hydroxylation is 1. The summed E-state index contributed by atoms with van der Waals surface area (Å²) in [7, 11) is 2.10. The predicted octanol–water partition coefficient (Wildman–Crippen LogP) is 0.671. The third-order valence-electron chi connectivity index (χ3n) is 2.63. The van der Waals surface area contributed by atoms with Gasteiger partial charge in [-0.25, -0.2) is 0 Å². The van der Waals surface area contributed by atoms with E-state index in [4.69, 9.17) is 0 Å². The van der Waals surface area contributed by atoms with Crippen LogP contribution < -0.4 is 5.56 Å². The average molecular weight is 178 g/mol. The molecular weight excluding hydrogens is 164 g/mol. The number of nitrogens with zero attached hydrogens (tertiary/aromatic N) is 1. The normalized spacial score (nSPS) is 17.1. The van der Waals surface area contributed by atoms with Gasteiger partial charge in [-0.2, -0.15) is 0 Å². The van der Waals surface area contributed by atoms with E-state index in [2.05, 4.69) is 16.9 Å². The first kappa shape index (κ1) is 8.51. The maximum Gasteiger partial charge on any atom is 0.248 e. The molecule has 0 unspecified atom stereocenters. The Hall–Kier alpha value is -1.09. The van der Waals surface area contributed by atoms with E-state index in [1.54, 1.807) is 6.07 Å². The zero-order chi connectivity index (χ0) is 9.42. The van der Waals surface area contributed by atoms with E-state index in [0.29, 0.717) is 0 Å². The summed E-state index contributed by atoms with van der Waals surface area (Å²) in [5.74, 6) is 0. The highest BCUT2D eigenvalue weighted by atomic mass is 16.1. The predicted molar refractivity (Wildman–Crippen MR) is 51.8 cm³/mol. The summed E-state index contributed by atoms with van der Waals surface area (Å²) >= 11 is 0. The van der Waals surface area contributed by atoms with Crippen LogP contribution in [0.5, 0.6) is 0 Å². The number of fused-ring (bicyclic) bond motifs is 1. The smallest absolute Gasteiger partial charge is 0.248 e. The van der Waals surface area contributed by atoms with E-state index in [-0.39, 0.29) is 5.56 Å². The Morgan fingerprint density at radius 1 is 1.54 bits per heavy atom. The van der Waals surface area contributed by atoms with Crippen molar-refractivity contribution in [3.05, 3.63) is 33.2 Å². The Morgan fingerprint density at radius 2 is 2.31 bits per heavy atom. The van der Waals surface area contributed by atoms with E-state index in [1.165, 1.54) is 5.56 Å². The van der Waals surface area contributed by atoms with Gasteiger partial charge >= 0.3 is 0 Å². The molecule has 1 aromatic rings. The van der Waals surface area contributed by atoms with Gasteiger partial charge in [0.05, 0.1) is 0 Å². The highest BCUT2D eigenvalue weighted by molar-refractivity contribution is 5.30. The molecule has 1 aromatic heterocycles. The van der Waals surface area contributed by atoms with Gasteiger partial charge in [0.25, 0.3) is 0 Å². The van der Waals surface area contributed by atoms with Crippen molar-refractivity contribution in [3.63, 3.8) is 0 Å². The summed E-state index contributed by atoms with van der Waals surface area (Å²) in [4.78, 5) is 16.4. The van der Waals surface area contributed by atoms with Crippen LogP contribution in [0.4, 0.5) is 0 Å². The van der Waals surface area contributed by atoms with E-state index in [9.17, 15) is 4.79 Å². The minimum atomic E-state index is 0.0285. The van der Waals surface area contributed by atoms with Crippen LogP contribution >= 0.6 is 0 Å². The summed E-state index contributed by atoms with van der Waals surface area (Å²) in [6.45, 7) is 4.00. The molecule has 0 fully saturated rings. The number of aromatic nitrogens is 1. The summed E-state index contributed by atoms with van der Waals surface area (Å²) in [6.07, 6.45) is 0.961. The first-order valence-corrected chi connectivity index (χ1v) is 4.57. The molecule has 0 aliphatic carbocycles. The van der Waals surface area contributed by atoms with Crippen molar-refractivity contribution in [2.45, 2.75) is 19.9 Å². The molecule has 1 N–H and O–H groups in total. The Balaban J connectivity index is 2.53. The van der Waals surface area contributed by atoms with Crippen LogP contribution in [0.2, 0.25) is 0 Å². The lowest BCUT2D eigenvalue weighted by Gasteiger charge is -2.25. The fourth-order valence-corrected chi connectivity index (χ4v) is 1.87. The molecule has 3 heteroatoms. The molecule has 2 rings (SSSR count). The van der Waals surface area contributed by atoms with Crippen LogP contribution in [0.25, 0.3) is 0 Å². The van der Waals surface area contributed by atoms with Gasteiger partial charge in [0.2, 0.25) is 5.56 Å². The van der Waals surface area contributed by atoms with E-state index in [0.717, 1.165) is 30.8 Å². The molecule has 0 atom stereocenters. The first-order valence-electron chi connectivity index (χ1n) is 4.57. The summed E-state index contributed by atoms with van der Waals surface area (Å²) < 4.78 is 0. The molecule has 70 valence electrons. The molecule has 2 heterocycles. The number of likely N-dealkylation sites (N-methyl/N-ethyl adjacent to an activating group) is 1. The molecule has 0 amide bonds. The van der Waals surface area contributed by atoms with Crippen molar-refractivity contribution in [2.75, 3.05) is 13.6 Å². The van der Waals surface area contributed by atoms with Gasteiger partial charge in [-0.05, 0) is 25.1 Å². The SMILES string of the molecule is Cc1cc(=O)[nH]c2c1CN(C)CC2. The Bertz CT molecular complexity index is 381. The lowest BCUT2D eigenvalue weighted by molar-refractivity contribution is 0.308. The summed E-state index contributed by atoms with van der Waals surface area (Å²) in [5, 5.41) is 0. The largest absolute Gasteiger partial charge is 0.326 e. The van der Waals surface area contributed by atoms with Crippen molar-refractivity contribution in [1.82, 2.24) is 9.88 Å². The van der Waals surface area contributed by atoms with Gasteiger partial charge in [0.15, 0.2) is 0 Å². The second-order valence-corrected chi connectivity index (χ2v) is 3.76.